The molecule has 2 bridgehead atoms. The molecule has 0 aromatic carbocycles. The van der Waals surface area contributed by atoms with Gasteiger partial charge in [0.1, 0.15) is 6.04 Å². The van der Waals surface area contributed by atoms with Gasteiger partial charge in [-0.25, -0.2) is 0 Å². The Bertz CT molecular complexity index is 659. The number of likely N-dealkylation sites (tertiary alicyclic amines) is 1. The second-order valence-electron chi connectivity index (χ2n) is 8.82. The number of carbonyl (C=O) groups is 3. The van der Waals surface area contributed by atoms with Crippen LogP contribution in [0.5, 0.6) is 0 Å². The Balaban J connectivity index is 1.87. The quantitative estimate of drug-likeness (QED) is 0.377. The molecular weight excluding hydrogens is 404 g/mol. The Morgan fingerprint density at radius 2 is 2.10 bits per heavy atom. The minimum absolute atomic E-state index is 0.0498. The summed E-state index contributed by atoms with van der Waals surface area (Å²) in [6.45, 7) is 6.77. The topological polar surface area (TPSA) is 95.9 Å². The molecule has 0 saturated carbocycles. The van der Waals surface area contributed by atoms with Crippen molar-refractivity contribution >= 4 is 29.5 Å². The van der Waals surface area contributed by atoms with Gasteiger partial charge >= 0.3 is 5.97 Å². The summed E-state index contributed by atoms with van der Waals surface area (Å²) >= 11 is 1.68. The molecule has 6 atom stereocenters. The van der Waals surface area contributed by atoms with Crippen molar-refractivity contribution in [3.05, 3.63) is 0 Å². The maximum absolute atomic E-state index is 13.6. The highest BCUT2D eigenvalue weighted by atomic mass is 32.2. The van der Waals surface area contributed by atoms with Crippen LogP contribution in [0.15, 0.2) is 0 Å². The minimum Gasteiger partial charge on any atom is -0.466 e. The summed E-state index contributed by atoms with van der Waals surface area (Å²) in [6.07, 6.45) is 5.71. The molecule has 7 nitrogen and oxygen atoms in total. The van der Waals surface area contributed by atoms with E-state index in [0.717, 1.165) is 38.5 Å². The maximum Gasteiger partial charge on any atom is 0.310 e. The lowest BCUT2D eigenvalue weighted by Crippen LogP contribution is -2.55. The Labute approximate surface area is 183 Å². The number of aliphatic hydroxyl groups is 1. The molecule has 3 rings (SSSR count). The van der Waals surface area contributed by atoms with Crippen molar-refractivity contribution in [1.29, 1.82) is 0 Å². The zero-order valence-electron chi connectivity index (χ0n) is 18.4. The molecule has 8 heteroatoms. The SMILES string of the molecule is CCCC(C)NC(=O)C1N(CCCCCO)C(=O)[C@@H]2[C@@H](C(=O)OCC)[C@H]3CCC12S3. The average molecular weight is 441 g/mol. The van der Waals surface area contributed by atoms with Crippen molar-refractivity contribution in [3.8, 4) is 0 Å². The zero-order valence-corrected chi connectivity index (χ0v) is 19.2. The van der Waals surface area contributed by atoms with Crippen LogP contribution in [0.25, 0.3) is 0 Å². The first kappa shape index (κ1) is 23.4. The Hall–Kier alpha value is -1.28. The smallest absolute Gasteiger partial charge is 0.310 e. The van der Waals surface area contributed by atoms with E-state index in [0.29, 0.717) is 19.6 Å². The summed E-state index contributed by atoms with van der Waals surface area (Å²) in [4.78, 5) is 41.4. The van der Waals surface area contributed by atoms with Gasteiger partial charge < -0.3 is 20.1 Å². The lowest BCUT2D eigenvalue weighted by molar-refractivity contribution is -0.153. The van der Waals surface area contributed by atoms with Crippen molar-refractivity contribution in [1.82, 2.24) is 10.2 Å². The second-order valence-corrected chi connectivity index (χ2v) is 10.4. The standard InChI is InChI=1S/C22H36N2O5S/c1-4-9-14(3)23-19(26)18-22-11-10-15(30-22)16(21(28)29-5-2)17(22)20(27)24(18)12-7-6-8-13-25/h14-18,25H,4-13H2,1-3H3,(H,23,26)/t14?,15-,16+,17+,18?,22?/m1/s1. The number of esters is 1. The molecule has 1 spiro atoms. The minimum atomic E-state index is -0.544. The van der Waals surface area contributed by atoms with Crippen molar-refractivity contribution in [3.63, 3.8) is 0 Å². The summed E-state index contributed by atoms with van der Waals surface area (Å²) in [7, 11) is 0. The number of unbranched alkanes of at least 4 members (excludes halogenated alkanes) is 2. The van der Waals surface area contributed by atoms with Crippen LogP contribution >= 0.6 is 11.8 Å². The van der Waals surface area contributed by atoms with Gasteiger partial charge in [0.2, 0.25) is 11.8 Å². The summed E-state index contributed by atoms with van der Waals surface area (Å²) < 4.78 is 4.79. The van der Waals surface area contributed by atoms with Crippen LogP contribution in [0.2, 0.25) is 0 Å². The van der Waals surface area contributed by atoms with E-state index in [1.165, 1.54) is 0 Å². The van der Waals surface area contributed by atoms with Gasteiger partial charge in [-0.2, -0.15) is 0 Å². The van der Waals surface area contributed by atoms with Gasteiger partial charge in [0.05, 0.1) is 23.2 Å². The molecule has 3 saturated heterocycles. The van der Waals surface area contributed by atoms with E-state index in [-0.39, 0.29) is 35.7 Å². The summed E-state index contributed by atoms with van der Waals surface area (Å²) in [5, 5.41) is 12.2. The lowest BCUT2D eigenvalue weighted by Gasteiger charge is -2.34. The molecule has 30 heavy (non-hydrogen) atoms. The fourth-order valence-electron chi connectivity index (χ4n) is 5.60. The summed E-state index contributed by atoms with van der Waals surface area (Å²) in [6, 6.07) is -0.494. The highest BCUT2D eigenvalue weighted by molar-refractivity contribution is 8.02. The van der Waals surface area contributed by atoms with E-state index >= 15 is 0 Å². The van der Waals surface area contributed by atoms with E-state index in [1.807, 2.05) is 6.92 Å². The lowest BCUT2D eigenvalue weighted by atomic mass is 9.71. The molecule has 0 radical (unpaired) electrons. The van der Waals surface area contributed by atoms with Crippen LogP contribution in [0, 0.1) is 11.8 Å². The van der Waals surface area contributed by atoms with Crippen molar-refractivity contribution in [2.75, 3.05) is 19.8 Å². The van der Waals surface area contributed by atoms with Gasteiger partial charge in [0.15, 0.2) is 0 Å². The second kappa shape index (κ2) is 9.90. The first-order valence-corrected chi connectivity index (χ1v) is 12.3. The van der Waals surface area contributed by atoms with Crippen LogP contribution in [-0.2, 0) is 19.1 Å². The van der Waals surface area contributed by atoms with Crippen LogP contribution in [0.1, 0.15) is 65.7 Å². The molecule has 3 aliphatic rings. The number of hydrogen-bond acceptors (Lipinski definition) is 6. The van der Waals surface area contributed by atoms with Gasteiger partial charge in [-0.05, 0) is 52.4 Å². The van der Waals surface area contributed by atoms with Crippen molar-refractivity contribution < 1.29 is 24.2 Å². The largest absolute Gasteiger partial charge is 0.466 e. The molecule has 0 aromatic rings. The Morgan fingerprint density at radius 3 is 2.77 bits per heavy atom. The molecule has 3 heterocycles. The fraction of sp³-hybridized carbons (Fsp3) is 0.864. The van der Waals surface area contributed by atoms with E-state index < -0.39 is 22.6 Å². The Morgan fingerprint density at radius 1 is 1.33 bits per heavy atom. The molecule has 0 aromatic heterocycles. The molecule has 2 N–H and O–H groups in total. The molecule has 2 amide bonds. The van der Waals surface area contributed by atoms with E-state index in [9.17, 15) is 14.4 Å². The molecule has 3 unspecified atom stereocenters. The van der Waals surface area contributed by atoms with Crippen LogP contribution in [0.4, 0.5) is 0 Å². The number of ether oxygens (including phenoxy) is 1. The number of nitrogens with zero attached hydrogens (tertiary/aromatic N) is 1. The van der Waals surface area contributed by atoms with Gasteiger partial charge in [0, 0.05) is 24.4 Å². The van der Waals surface area contributed by atoms with E-state index in [4.69, 9.17) is 9.84 Å². The monoisotopic (exact) mass is 440 g/mol. The number of rotatable bonds is 11. The number of amides is 2. The Kier molecular flexibility index (Phi) is 7.71. The molecule has 3 fully saturated rings. The normalized spacial score (nSPS) is 32.9. The molecular formula is C22H36N2O5S. The third-order valence-electron chi connectivity index (χ3n) is 6.77. The maximum atomic E-state index is 13.6. The van der Waals surface area contributed by atoms with Gasteiger partial charge in [-0.15, -0.1) is 11.8 Å². The molecule has 0 aliphatic carbocycles. The van der Waals surface area contributed by atoms with Crippen LogP contribution < -0.4 is 5.32 Å². The van der Waals surface area contributed by atoms with Gasteiger partial charge in [-0.1, -0.05) is 13.3 Å². The summed E-state index contributed by atoms with van der Waals surface area (Å²) in [5.41, 5.74) is 0. The fourth-order valence-corrected chi connectivity index (χ4v) is 7.81. The zero-order chi connectivity index (χ0) is 21.9. The van der Waals surface area contributed by atoms with E-state index in [1.54, 1.807) is 23.6 Å². The first-order chi connectivity index (χ1) is 14.4. The highest BCUT2D eigenvalue weighted by Crippen LogP contribution is 2.66. The highest BCUT2D eigenvalue weighted by Gasteiger charge is 2.73. The molecule has 3 aliphatic heterocycles. The predicted octanol–water partition coefficient (Wildman–Crippen LogP) is 2.11. The summed E-state index contributed by atoms with van der Waals surface area (Å²) in [5.74, 6) is -1.39. The van der Waals surface area contributed by atoms with Gasteiger partial charge in [-0.3, -0.25) is 14.4 Å². The van der Waals surface area contributed by atoms with E-state index in [2.05, 4.69) is 12.2 Å². The number of nitrogens with one attached hydrogen (secondary N) is 1. The number of aliphatic hydroxyl groups excluding tert-OH is 1. The third kappa shape index (κ3) is 4.09. The average Bonchev–Trinajstić information content (AvgIpc) is 3.33. The van der Waals surface area contributed by atoms with Gasteiger partial charge in [0.25, 0.3) is 0 Å². The molecule has 170 valence electrons. The van der Waals surface area contributed by atoms with Crippen LogP contribution in [0.3, 0.4) is 0 Å². The van der Waals surface area contributed by atoms with Crippen molar-refractivity contribution in [2.45, 2.75) is 87.8 Å². The van der Waals surface area contributed by atoms with Crippen LogP contribution in [-0.4, -0.2) is 69.6 Å². The third-order valence-corrected chi connectivity index (χ3v) is 8.73. The first-order valence-electron chi connectivity index (χ1n) is 11.5. The number of fused-ring (bicyclic) bond motifs is 1. The predicted molar refractivity (Wildman–Crippen MR) is 116 cm³/mol. The van der Waals surface area contributed by atoms with Crippen molar-refractivity contribution in [2.24, 2.45) is 11.8 Å². The number of thioether (sulfide) groups is 1. The number of hydrogen-bond donors (Lipinski definition) is 2. The number of carbonyl (C=O) groups excluding carboxylic acids is 3.